The zero-order valence-electron chi connectivity index (χ0n) is 5.65. The number of esters is 1. The van der Waals surface area contributed by atoms with E-state index in [1.54, 1.807) is 0 Å². The van der Waals surface area contributed by atoms with Crippen molar-refractivity contribution in [2.24, 2.45) is 0 Å². The van der Waals surface area contributed by atoms with Gasteiger partial charge in [-0.2, -0.15) is 5.21 Å². The number of H-pyrrole nitrogens is 1. The minimum absolute atomic E-state index is 0.258. The molecule has 6 nitrogen and oxygen atoms in total. The van der Waals surface area contributed by atoms with E-state index >= 15 is 0 Å². The molecule has 6 heteroatoms. The van der Waals surface area contributed by atoms with Gasteiger partial charge in [-0.3, -0.25) is 4.79 Å². The van der Waals surface area contributed by atoms with Crippen LogP contribution >= 0.6 is 0 Å². The van der Waals surface area contributed by atoms with Crippen LogP contribution in [0.2, 0.25) is 0 Å². The summed E-state index contributed by atoms with van der Waals surface area (Å²) in [5.74, 6) is -0.146. The van der Waals surface area contributed by atoms with Crippen LogP contribution in [0.3, 0.4) is 0 Å². The van der Waals surface area contributed by atoms with E-state index in [9.17, 15) is 4.79 Å². The normalized spacial score (nSPS) is 23.6. The Labute approximate surface area is 61.9 Å². The maximum Gasteiger partial charge on any atom is 0.316 e. The summed E-state index contributed by atoms with van der Waals surface area (Å²) in [6, 6.07) is 0. The van der Waals surface area contributed by atoms with Gasteiger partial charge in [0.1, 0.15) is 5.92 Å². The van der Waals surface area contributed by atoms with Crippen LogP contribution < -0.4 is 0 Å². The van der Waals surface area contributed by atoms with E-state index in [4.69, 9.17) is 4.74 Å². The number of rotatable bonds is 1. The number of tetrazole rings is 1. The zero-order valence-corrected chi connectivity index (χ0v) is 5.65. The van der Waals surface area contributed by atoms with Crippen molar-refractivity contribution < 1.29 is 9.53 Å². The Morgan fingerprint density at radius 1 is 1.64 bits per heavy atom. The first-order valence-corrected chi connectivity index (χ1v) is 3.28. The molecule has 2 rings (SSSR count). The first-order chi connectivity index (χ1) is 5.38. The Morgan fingerprint density at radius 2 is 2.55 bits per heavy atom. The monoisotopic (exact) mass is 154 g/mol. The third kappa shape index (κ3) is 0.957. The van der Waals surface area contributed by atoms with Crippen molar-refractivity contribution in [3.8, 4) is 0 Å². The van der Waals surface area contributed by atoms with E-state index in [-0.39, 0.29) is 11.9 Å². The highest BCUT2D eigenvalue weighted by atomic mass is 16.5. The zero-order chi connectivity index (χ0) is 7.68. The Hall–Kier alpha value is -1.46. The number of hydrogen-bond donors (Lipinski definition) is 1. The van der Waals surface area contributed by atoms with Gasteiger partial charge in [0, 0.05) is 6.42 Å². The number of aromatic nitrogens is 4. The molecule has 58 valence electrons. The van der Waals surface area contributed by atoms with Gasteiger partial charge in [-0.15, -0.1) is 10.2 Å². The number of hydrogen-bond acceptors (Lipinski definition) is 5. The maximum atomic E-state index is 10.9. The molecule has 1 saturated heterocycles. The molecule has 0 amide bonds. The second kappa shape index (κ2) is 2.30. The van der Waals surface area contributed by atoms with E-state index < -0.39 is 0 Å². The summed E-state index contributed by atoms with van der Waals surface area (Å²) in [6.07, 6.45) is 0.651. The molecule has 0 aliphatic carbocycles. The summed E-state index contributed by atoms with van der Waals surface area (Å²) in [6.45, 7) is 0.456. The van der Waals surface area contributed by atoms with Crippen LogP contribution in [-0.4, -0.2) is 33.2 Å². The van der Waals surface area contributed by atoms with Crippen LogP contribution in [0.4, 0.5) is 0 Å². The Kier molecular flexibility index (Phi) is 1.31. The van der Waals surface area contributed by atoms with Crippen LogP contribution in [0.15, 0.2) is 0 Å². The van der Waals surface area contributed by atoms with Gasteiger partial charge in [0.05, 0.1) is 6.61 Å². The standard InChI is InChI=1S/C5H6N4O2/c10-5-3(1-2-11-5)4-6-8-9-7-4/h3H,1-2H2,(H,6,7,8,9). The highest BCUT2D eigenvalue weighted by molar-refractivity contribution is 5.78. The number of nitrogens with zero attached hydrogens (tertiary/aromatic N) is 3. The number of carbonyl (C=O) groups excluding carboxylic acids is 1. The van der Waals surface area contributed by atoms with Gasteiger partial charge >= 0.3 is 5.97 Å². The average molecular weight is 154 g/mol. The SMILES string of the molecule is O=C1OCCC1c1nn[nH]n1. The van der Waals surface area contributed by atoms with Gasteiger partial charge in [0.25, 0.3) is 0 Å². The molecule has 1 fully saturated rings. The molecule has 11 heavy (non-hydrogen) atoms. The van der Waals surface area contributed by atoms with Gasteiger partial charge in [0.2, 0.25) is 0 Å². The molecule has 1 N–H and O–H groups in total. The number of ether oxygens (including phenoxy) is 1. The van der Waals surface area contributed by atoms with Crippen LogP contribution in [0, 0.1) is 0 Å². The number of aromatic amines is 1. The summed E-state index contributed by atoms with van der Waals surface area (Å²) < 4.78 is 4.73. The first-order valence-electron chi connectivity index (χ1n) is 3.28. The van der Waals surface area contributed by atoms with Crippen molar-refractivity contribution in [2.75, 3.05) is 6.61 Å². The predicted molar refractivity (Wildman–Crippen MR) is 32.5 cm³/mol. The Balaban J connectivity index is 2.23. The topological polar surface area (TPSA) is 80.8 Å². The molecule has 0 aromatic carbocycles. The lowest BCUT2D eigenvalue weighted by Gasteiger charge is -1.94. The van der Waals surface area contributed by atoms with Gasteiger partial charge in [-0.1, -0.05) is 5.21 Å². The van der Waals surface area contributed by atoms with Gasteiger partial charge in [0.15, 0.2) is 5.82 Å². The minimum Gasteiger partial charge on any atom is -0.465 e. The average Bonchev–Trinajstić information content (AvgIpc) is 2.55. The fourth-order valence-corrected chi connectivity index (χ4v) is 1.05. The minimum atomic E-state index is -0.311. The largest absolute Gasteiger partial charge is 0.465 e. The summed E-state index contributed by atoms with van der Waals surface area (Å²) in [5.41, 5.74) is 0. The number of carbonyl (C=O) groups is 1. The van der Waals surface area contributed by atoms with Gasteiger partial charge in [-0.05, 0) is 0 Å². The Bertz CT molecular complexity index is 257. The van der Waals surface area contributed by atoms with Crippen LogP contribution in [0.1, 0.15) is 18.2 Å². The molecule has 0 radical (unpaired) electrons. The van der Waals surface area contributed by atoms with Crippen molar-refractivity contribution in [3.63, 3.8) is 0 Å². The molecular formula is C5H6N4O2. The lowest BCUT2D eigenvalue weighted by molar-refractivity contribution is -0.139. The van der Waals surface area contributed by atoms with Gasteiger partial charge in [-0.25, -0.2) is 0 Å². The fraction of sp³-hybridized carbons (Fsp3) is 0.600. The summed E-state index contributed by atoms with van der Waals surface area (Å²) in [7, 11) is 0. The van der Waals surface area contributed by atoms with Crippen LogP contribution in [-0.2, 0) is 9.53 Å². The molecule has 1 aliphatic heterocycles. The third-order valence-corrected chi connectivity index (χ3v) is 1.61. The van der Waals surface area contributed by atoms with Gasteiger partial charge < -0.3 is 4.74 Å². The van der Waals surface area contributed by atoms with Crippen molar-refractivity contribution in [2.45, 2.75) is 12.3 Å². The predicted octanol–water partition coefficient (Wildman–Crippen LogP) is -0.770. The molecule has 1 unspecified atom stereocenters. The summed E-state index contributed by atoms with van der Waals surface area (Å²) in [5, 5.41) is 13.0. The van der Waals surface area contributed by atoms with E-state index in [2.05, 4.69) is 20.6 Å². The van der Waals surface area contributed by atoms with Crippen molar-refractivity contribution in [1.29, 1.82) is 0 Å². The molecule has 1 aromatic heterocycles. The number of cyclic esters (lactones) is 1. The second-order valence-electron chi connectivity index (χ2n) is 2.28. The van der Waals surface area contributed by atoms with E-state index in [1.807, 2.05) is 0 Å². The van der Waals surface area contributed by atoms with E-state index in [1.165, 1.54) is 0 Å². The highest BCUT2D eigenvalue weighted by Gasteiger charge is 2.31. The van der Waals surface area contributed by atoms with Crippen molar-refractivity contribution in [1.82, 2.24) is 20.6 Å². The Morgan fingerprint density at radius 3 is 3.09 bits per heavy atom. The summed E-state index contributed by atoms with van der Waals surface area (Å²) in [4.78, 5) is 10.9. The first kappa shape index (κ1) is 6.26. The molecule has 2 heterocycles. The molecular weight excluding hydrogens is 148 g/mol. The highest BCUT2D eigenvalue weighted by Crippen LogP contribution is 2.22. The quantitative estimate of drug-likeness (QED) is 0.537. The smallest absolute Gasteiger partial charge is 0.316 e. The number of nitrogens with one attached hydrogen (secondary N) is 1. The van der Waals surface area contributed by atoms with Crippen molar-refractivity contribution >= 4 is 5.97 Å². The fourth-order valence-electron chi connectivity index (χ4n) is 1.05. The molecule has 1 aliphatic rings. The lowest BCUT2D eigenvalue weighted by Crippen LogP contribution is -2.07. The molecule has 1 aromatic rings. The van der Waals surface area contributed by atoms with Crippen molar-refractivity contribution in [3.05, 3.63) is 5.82 Å². The molecule has 0 bridgehead atoms. The summed E-state index contributed by atoms with van der Waals surface area (Å²) >= 11 is 0. The third-order valence-electron chi connectivity index (χ3n) is 1.61. The maximum absolute atomic E-state index is 10.9. The molecule has 0 saturated carbocycles. The second-order valence-corrected chi connectivity index (χ2v) is 2.28. The molecule has 1 atom stereocenters. The molecule has 0 spiro atoms. The van der Waals surface area contributed by atoms with Crippen LogP contribution in [0.5, 0.6) is 0 Å². The van der Waals surface area contributed by atoms with Crippen LogP contribution in [0.25, 0.3) is 0 Å². The van der Waals surface area contributed by atoms with E-state index in [0.717, 1.165) is 0 Å². The van der Waals surface area contributed by atoms with E-state index in [0.29, 0.717) is 18.9 Å². The lowest BCUT2D eigenvalue weighted by atomic mass is 10.1.